The van der Waals surface area contributed by atoms with Crippen molar-refractivity contribution in [3.05, 3.63) is 47.8 Å². The number of piperidine rings is 1. The lowest BCUT2D eigenvalue weighted by Gasteiger charge is -2.33. The summed E-state index contributed by atoms with van der Waals surface area (Å²) in [6, 6.07) is 4.85. The van der Waals surface area contributed by atoms with E-state index in [9.17, 15) is 21.6 Å². The third-order valence-corrected chi connectivity index (χ3v) is 8.70. The highest BCUT2D eigenvalue weighted by Crippen LogP contribution is 2.36. The number of imidazole rings is 1. The summed E-state index contributed by atoms with van der Waals surface area (Å²) in [4.78, 5) is 14.4. The van der Waals surface area contributed by atoms with Crippen LogP contribution in [0.4, 0.5) is 29.2 Å². The average Bonchev–Trinajstić information content (AvgIpc) is 3.29. The predicted molar refractivity (Wildman–Crippen MR) is 147 cm³/mol. The second-order valence-corrected chi connectivity index (χ2v) is 12.5. The number of nitrogens with zero attached hydrogens (tertiary/aromatic N) is 6. The lowest BCUT2D eigenvalue weighted by atomic mass is 10.1. The SMILES string of the molecule is Cc1nc(-c2nc(NC3CCN(S(C)(=O)=O)CC3)ncc2C(F)(F)F)cn1-c1ccc(N2CCNC(C)C2)cc1F. The van der Waals surface area contributed by atoms with Gasteiger partial charge in [0.05, 0.1) is 11.9 Å². The molecule has 3 aromatic rings. The van der Waals surface area contributed by atoms with Crippen LogP contribution in [0.3, 0.4) is 0 Å². The van der Waals surface area contributed by atoms with Gasteiger partial charge in [-0.2, -0.15) is 13.2 Å². The van der Waals surface area contributed by atoms with E-state index >= 15 is 4.39 Å². The molecule has 0 saturated carbocycles. The van der Waals surface area contributed by atoms with Gasteiger partial charge in [-0.3, -0.25) is 0 Å². The lowest BCUT2D eigenvalue weighted by Crippen LogP contribution is -2.49. The number of rotatable bonds is 6. The maximum atomic E-state index is 15.3. The molecule has 15 heteroatoms. The van der Waals surface area contributed by atoms with Crippen LogP contribution in [0, 0.1) is 12.7 Å². The van der Waals surface area contributed by atoms with E-state index in [1.165, 1.54) is 21.1 Å². The Balaban J connectivity index is 1.42. The van der Waals surface area contributed by atoms with Crippen molar-refractivity contribution in [3.63, 3.8) is 0 Å². The van der Waals surface area contributed by atoms with Crippen LogP contribution >= 0.6 is 0 Å². The Morgan fingerprint density at radius 3 is 2.49 bits per heavy atom. The van der Waals surface area contributed by atoms with Crippen molar-refractivity contribution in [1.29, 1.82) is 0 Å². The van der Waals surface area contributed by atoms with E-state index in [0.717, 1.165) is 31.6 Å². The zero-order valence-electron chi connectivity index (χ0n) is 22.9. The molecule has 0 radical (unpaired) electrons. The molecular formula is C26H32F4N8O2S. The molecule has 5 rings (SSSR count). The lowest BCUT2D eigenvalue weighted by molar-refractivity contribution is -0.137. The van der Waals surface area contributed by atoms with E-state index in [2.05, 4.69) is 37.4 Å². The molecule has 41 heavy (non-hydrogen) atoms. The fourth-order valence-corrected chi connectivity index (χ4v) is 6.13. The van der Waals surface area contributed by atoms with Crippen LogP contribution in [0.25, 0.3) is 17.1 Å². The second kappa shape index (κ2) is 11.2. The van der Waals surface area contributed by atoms with Gasteiger partial charge in [0, 0.05) is 62.9 Å². The van der Waals surface area contributed by atoms with Gasteiger partial charge in [-0.15, -0.1) is 0 Å². The highest BCUT2D eigenvalue weighted by molar-refractivity contribution is 7.88. The first kappa shape index (κ1) is 29.2. The molecule has 4 heterocycles. The smallest absolute Gasteiger partial charge is 0.369 e. The Hall–Kier alpha value is -3.30. The number of hydrogen-bond donors (Lipinski definition) is 2. The number of aromatic nitrogens is 4. The average molecular weight is 597 g/mol. The topological polar surface area (TPSA) is 108 Å². The van der Waals surface area contributed by atoms with E-state index < -0.39 is 33.3 Å². The van der Waals surface area contributed by atoms with Crippen molar-refractivity contribution in [2.75, 3.05) is 49.2 Å². The molecule has 222 valence electrons. The Labute approximate surface area is 235 Å². The molecule has 2 saturated heterocycles. The van der Waals surface area contributed by atoms with Gasteiger partial charge in [-0.1, -0.05) is 0 Å². The first-order valence-electron chi connectivity index (χ1n) is 13.3. The number of piperazine rings is 1. The number of hydrogen-bond acceptors (Lipinski definition) is 8. The van der Waals surface area contributed by atoms with E-state index in [0.29, 0.717) is 19.0 Å². The number of benzene rings is 1. The van der Waals surface area contributed by atoms with Crippen molar-refractivity contribution in [2.24, 2.45) is 0 Å². The number of alkyl halides is 3. The summed E-state index contributed by atoms with van der Waals surface area (Å²) < 4.78 is 83.5. The fraction of sp³-hybridized carbons (Fsp3) is 0.500. The molecule has 0 bridgehead atoms. The quantitative estimate of drug-likeness (QED) is 0.417. The molecule has 1 atom stereocenters. The molecule has 0 amide bonds. The van der Waals surface area contributed by atoms with E-state index in [-0.39, 0.29) is 48.3 Å². The van der Waals surface area contributed by atoms with Crippen molar-refractivity contribution >= 4 is 21.7 Å². The number of aryl methyl sites for hydroxylation is 1. The predicted octanol–water partition coefficient (Wildman–Crippen LogP) is 3.43. The summed E-state index contributed by atoms with van der Waals surface area (Å²) in [5.74, 6) is -0.266. The van der Waals surface area contributed by atoms with Crippen LogP contribution in [-0.2, 0) is 16.2 Å². The van der Waals surface area contributed by atoms with Gasteiger partial charge in [0.2, 0.25) is 16.0 Å². The summed E-state index contributed by atoms with van der Waals surface area (Å²) in [6.07, 6.45) is -0.675. The third-order valence-electron chi connectivity index (χ3n) is 7.40. The Bertz CT molecular complexity index is 1520. The Kier molecular flexibility index (Phi) is 7.96. The first-order chi connectivity index (χ1) is 19.3. The molecule has 2 aliphatic heterocycles. The minimum Gasteiger partial charge on any atom is -0.369 e. The molecule has 1 aromatic carbocycles. The first-order valence-corrected chi connectivity index (χ1v) is 15.1. The van der Waals surface area contributed by atoms with Gasteiger partial charge in [-0.25, -0.2) is 32.1 Å². The summed E-state index contributed by atoms with van der Waals surface area (Å²) in [5, 5.41) is 6.37. The molecular weight excluding hydrogens is 564 g/mol. The van der Waals surface area contributed by atoms with Gasteiger partial charge in [0.15, 0.2) is 0 Å². The molecule has 2 N–H and O–H groups in total. The molecule has 0 aliphatic carbocycles. The highest BCUT2D eigenvalue weighted by atomic mass is 32.2. The number of nitrogens with one attached hydrogen (secondary N) is 2. The summed E-state index contributed by atoms with van der Waals surface area (Å²) in [6.45, 7) is 6.45. The molecule has 2 fully saturated rings. The van der Waals surface area contributed by atoms with Gasteiger partial charge in [0.25, 0.3) is 0 Å². The number of sulfonamides is 1. The van der Waals surface area contributed by atoms with Crippen LogP contribution in [0.1, 0.15) is 31.2 Å². The summed E-state index contributed by atoms with van der Waals surface area (Å²) in [5.41, 5.74) is -0.690. The molecule has 2 aliphatic rings. The second-order valence-electron chi connectivity index (χ2n) is 10.5. The van der Waals surface area contributed by atoms with Crippen molar-refractivity contribution in [2.45, 2.75) is 44.9 Å². The van der Waals surface area contributed by atoms with Crippen LogP contribution in [0.5, 0.6) is 0 Å². The van der Waals surface area contributed by atoms with E-state index in [1.807, 2.05) is 0 Å². The standard InChI is InChI=1S/C26H32F4N8O2S/c1-16-14-36(11-8-31-16)19-4-5-23(21(27)12-19)38-15-22(33-17(38)2)24-20(26(28,29)30)13-32-25(35-24)34-18-6-9-37(10-7-18)41(3,39)40/h4-5,12-13,15-16,18,31H,6-11,14H2,1-3H3,(H,32,34,35). The largest absolute Gasteiger partial charge is 0.420 e. The minimum atomic E-state index is -4.75. The monoisotopic (exact) mass is 596 g/mol. The Morgan fingerprint density at radius 1 is 1.12 bits per heavy atom. The van der Waals surface area contributed by atoms with E-state index in [1.54, 1.807) is 19.1 Å². The van der Waals surface area contributed by atoms with Gasteiger partial charge >= 0.3 is 6.18 Å². The van der Waals surface area contributed by atoms with Gasteiger partial charge in [-0.05, 0) is 44.9 Å². The maximum Gasteiger partial charge on any atom is 0.420 e. The zero-order chi connectivity index (χ0) is 29.5. The van der Waals surface area contributed by atoms with Crippen LogP contribution < -0.4 is 15.5 Å². The van der Waals surface area contributed by atoms with Crippen LogP contribution in [-0.4, -0.2) is 83.3 Å². The van der Waals surface area contributed by atoms with Crippen molar-refractivity contribution < 1.29 is 26.0 Å². The Morgan fingerprint density at radius 2 is 1.85 bits per heavy atom. The van der Waals surface area contributed by atoms with Crippen LogP contribution in [0.15, 0.2) is 30.6 Å². The maximum absolute atomic E-state index is 15.3. The number of anilines is 2. The normalized spacial score (nSPS) is 19.5. The molecule has 10 nitrogen and oxygen atoms in total. The summed E-state index contributed by atoms with van der Waals surface area (Å²) in [7, 11) is -3.32. The van der Waals surface area contributed by atoms with Crippen LogP contribution in [0.2, 0.25) is 0 Å². The highest BCUT2D eigenvalue weighted by Gasteiger charge is 2.37. The molecule has 0 spiro atoms. The summed E-state index contributed by atoms with van der Waals surface area (Å²) >= 11 is 0. The third kappa shape index (κ3) is 6.46. The molecule has 1 unspecified atom stereocenters. The van der Waals surface area contributed by atoms with Crippen molar-refractivity contribution in [3.8, 4) is 17.1 Å². The van der Waals surface area contributed by atoms with E-state index in [4.69, 9.17) is 0 Å². The number of halogens is 4. The van der Waals surface area contributed by atoms with Gasteiger partial charge in [0.1, 0.15) is 28.6 Å². The fourth-order valence-electron chi connectivity index (χ4n) is 5.25. The van der Waals surface area contributed by atoms with Crippen molar-refractivity contribution in [1.82, 2.24) is 29.1 Å². The zero-order valence-corrected chi connectivity index (χ0v) is 23.7. The minimum absolute atomic E-state index is 0.0289. The molecule has 2 aromatic heterocycles. The van der Waals surface area contributed by atoms with Gasteiger partial charge < -0.3 is 20.1 Å².